The van der Waals surface area contributed by atoms with E-state index in [4.69, 9.17) is 16.3 Å². The lowest BCUT2D eigenvalue weighted by atomic mass is 10.0. The summed E-state index contributed by atoms with van der Waals surface area (Å²) in [6.07, 6.45) is 1.27. The quantitative estimate of drug-likeness (QED) is 0.314. The van der Waals surface area contributed by atoms with Crippen molar-refractivity contribution in [3.8, 4) is 5.75 Å². The zero-order chi connectivity index (χ0) is 30.2. The molecule has 0 unspecified atom stereocenters. The topological polar surface area (TPSA) is 96.0 Å². The van der Waals surface area contributed by atoms with Gasteiger partial charge in [-0.05, 0) is 63.1 Å². The number of ether oxygens (including phenoxy) is 1. The number of carbonyl (C=O) groups is 2. The summed E-state index contributed by atoms with van der Waals surface area (Å²) in [6.45, 7) is 7.21. The maximum atomic E-state index is 14.2. The van der Waals surface area contributed by atoms with E-state index < -0.39 is 34.1 Å². The lowest BCUT2D eigenvalue weighted by Gasteiger charge is -2.35. The Balaban J connectivity index is 2.10. The van der Waals surface area contributed by atoms with Gasteiger partial charge in [0.1, 0.15) is 18.3 Å². The zero-order valence-electron chi connectivity index (χ0n) is 24.1. The largest absolute Gasteiger partial charge is 0.492 e. The second kappa shape index (κ2) is 13.9. The third-order valence-electron chi connectivity index (χ3n) is 6.12. The van der Waals surface area contributed by atoms with Crippen molar-refractivity contribution in [3.63, 3.8) is 0 Å². The van der Waals surface area contributed by atoms with Crippen LogP contribution < -0.4 is 14.4 Å². The zero-order valence-corrected chi connectivity index (χ0v) is 25.7. The molecule has 8 nitrogen and oxygen atoms in total. The van der Waals surface area contributed by atoms with E-state index in [1.54, 1.807) is 49.4 Å². The Morgan fingerprint density at radius 1 is 0.951 bits per heavy atom. The summed E-state index contributed by atoms with van der Waals surface area (Å²) in [5.74, 6) is -0.565. The Morgan fingerprint density at radius 2 is 1.59 bits per heavy atom. The molecule has 0 saturated heterocycles. The van der Waals surface area contributed by atoms with Crippen molar-refractivity contribution < 1.29 is 22.7 Å². The molecule has 3 rings (SSSR count). The Kier molecular flexibility index (Phi) is 10.8. The van der Waals surface area contributed by atoms with Gasteiger partial charge >= 0.3 is 0 Å². The molecular formula is C31H38ClN3O5S. The number of halogens is 1. The Labute approximate surface area is 248 Å². The fourth-order valence-corrected chi connectivity index (χ4v) is 5.44. The van der Waals surface area contributed by atoms with E-state index >= 15 is 0 Å². The number of hydrogen-bond donors (Lipinski definition) is 1. The maximum Gasteiger partial charge on any atom is 0.244 e. The van der Waals surface area contributed by atoms with Gasteiger partial charge in [-0.3, -0.25) is 13.9 Å². The molecule has 1 atom stereocenters. The highest BCUT2D eigenvalue weighted by Crippen LogP contribution is 2.30. The highest BCUT2D eigenvalue weighted by atomic mass is 35.5. The maximum absolute atomic E-state index is 14.2. The average molecular weight is 600 g/mol. The monoisotopic (exact) mass is 599 g/mol. The van der Waals surface area contributed by atoms with E-state index in [1.165, 1.54) is 4.90 Å². The number of anilines is 1. The second-order valence-corrected chi connectivity index (χ2v) is 13.1. The van der Waals surface area contributed by atoms with Crippen LogP contribution in [0.3, 0.4) is 0 Å². The van der Waals surface area contributed by atoms with Crippen molar-refractivity contribution in [2.75, 3.05) is 23.7 Å². The lowest BCUT2D eigenvalue weighted by Crippen LogP contribution is -2.56. The molecule has 0 heterocycles. The number of nitrogens with zero attached hydrogens (tertiary/aromatic N) is 2. The van der Waals surface area contributed by atoms with Gasteiger partial charge in [-0.1, -0.05) is 66.2 Å². The molecule has 220 valence electrons. The van der Waals surface area contributed by atoms with Crippen molar-refractivity contribution >= 4 is 39.1 Å². The molecule has 0 radical (unpaired) electrons. The molecule has 0 aliphatic carbocycles. The smallest absolute Gasteiger partial charge is 0.244 e. The summed E-state index contributed by atoms with van der Waals surface area (Å²) >= 11 is 6.25. The number of para-hydroxylation sites is 2. The van der Waals surface area contributed by atoms with Gasteiger partial charge < -0.3 is 15.0 Å². The Hall–Kier alpha value is -3.56. The van der Waals surface area contributed by atoms with E-state index in [1.807, 2.05) is 57.2 Å². The first-order valence-electron chi connectivity index (χ1n) is 13.4. The molecule has 2 amide bonds. The normalized spacial score (nSPS) is 12.3. The number of amides is 2. The van der Waals surface area contributed by atoms with Crippen LogP contribution in [0.25, 0.3) is 0 Å². The van der Waals surface area contributed by atoms with Gasteiger partial charge in [-0.15, -0.1) is 0 Å². The van der Waals surface area contributed by atoms with Gasteiger partial charge in [-0.2, -0.15) is 0 Å². The second-order valence-electron chi connectivity index (χ2n) is 10.8. The van der Waals surface area contributed by atoms with E-state index in [0.29, 0.717) is 22.9 Å². The molecular weight excluding hydrogens is 562 g/mol. The standard InChI is InChI=1S/C31H38ClN3O5S/c1-6-40-28-18-11-10-17-26(28)35(41(5,38)39)22-29(36)34(21-24-15-12-16-25(32)19-24)27(30(37)33-31(2,3)4)20-23-13-8-7-9-14-23/h7-19,27H,6,20-22H2,1-5H3,(H,33,37)/t27-/m1/s1. The minimum Gasteiger partial charge on any atom is -0.492 e. The van der Waals surface area contributed by atoms with Gasteiger partial charge in [-0.25, -0.2) is 8.42 Å². The predicted molar refractivity (Wildman–Crippen MR) is 164 cm³/mol. The van der Waals surface area contributed by atoms with Crippen molar-refractivity contribution in [2.24, 2.45) is 0 Å². The number of carbonyl (C=O) groups excluding carboxylic acids is 2. The summed E-state index contributed by atoms with van der Waals surface area (Å²) in [4.78, 5) is 29.4. The fraction of sp³-hybridized carbons (Fsp3) is 0.355. The van der Waals surface area contributed by atoms with Crippen LogP contribution in [0.5, 0.6) is 5.75 Å². The first-order valence-corrected chi connectivity index (χ1v) is 15.6. The first-order chi connectivity index (χ1) is 19.3. The number of hydrogen-bond acceptors (Lipinski definition) is 5. The van der Waals surface area contributed by atoms with Crippen LogP contribution in [0, 0.1) is 0 Å². The minimum atomic E-state index is -3.92. The summed E-state index contributed by atoms with van der Waals surface area (Å²) in [7, 11) is -3.92. The van der Waals surface area contributed by atoms with Crippen molar-refractivity contribution in [1.29, 1.82) is 0 Å². The van der Waals surface area contributed by atoms with Crippen LogP contribution in [0.4, 0.5) is 5.69 Å². The average Bonchev–Trinajstić information content (AvgIpc) is 2.89. The molecule has 0 spiro atoms. The summed E-state index contributed by atoms with van der Waals surface area (Å²) in [5, 5.41) is 3.49. The van der Waals surface area contributed by atoms with E-state index in [0.717, 1.165) is 16.1 Å². The van der Waals surface area contributed by atoms with Gasteiger partial charge in [0.15, 0.2) is 0 Å². The van der Waals surface area contributed by atoms with E-state index in [2.05, 4.69) is 5.32 Å². The molecule has 0 aliphatic rings. The fourth-order valence-electron chi connectivity index (χ4n) is 4.37. The molecule has 0 saturated carbocycles. The van der Waals surface area contributed by atoms with Crippen LogP contribution in [-0.2, 0) is 32.6 Å². The first kappa shape index (κ1) is 32.0. The number of sulfonamides is 1. The molecule has 10 heteroatoms. The van der Waals surface area contributed by atoms with Crippen LogP contribution >= 0.6 is 11.6 Å². The number of rotatable bonds is 12. The number of benzene rings is 3. The molecule has 0 bridgehead atoms. The molecule has 3 aromatic carbocycles. The molecule has 1 N–H and O–H groups in total. The molecule has 0 aliphatic heterocycles. The van der Waals surface area contributed by atoms with Crippen molar-refractivity contribution in [2.45, 2.75) is 52.2 Å². The highest BCUT2D eigenvalue weighted by Gasteiger charge is 2.34. The molecule has 3 aromatic rings. The Morgan fingerprint density at radius 3 is 2.20 bits per heavy atom. The highest BCUT2D eigenvalue weighted by molar-refractivity contribution is 7.92. The van der Waals surface area contributed by atoms with Gasteiger partial charge in [0.05, 0.1) is 18.6 Å². The van der Waals surface area contributed by atoms with E-state index in [9.17, 15) is 18.0 Å². The summed E-state index contributed by atoms with van der Waals surface area (Å²) in [5.41, 5.74) is 1.23. The van der Waals surface area contributed by atoms with Gasteiger partial charge in [0.2, 0.25) is 21.8 Å². The van der Waals surface area contributed by atoms with Gasteiger partial charge in [0.25, 0.3) is 0 Å². The van der Waals surface area contributed by atoms with Crippen LogP contribution in [0.15, 0.2) is 78.9 Å². The van der Waals surface area contributed by atoms with Gasteiger partial charge in [0, 0.05) is 23.5 Å². The van der Waals surface area contributed by atoms with Crippen LogP contribution in [0.1, 0.15) is 38.8 Å². The Bertz CT molecular complexity index is 1440. The van der Waals surface area contributed by atoms with Crippen molar-refractivity contribution in [1.82, 2.24) is 10.2 Å². The molecule has 41 heavy (non-hydrogen) atoms. The third-order valence-corrected chi connectivity index (χ3v) is 7.49. The van der Waals surface area contributed by atoms with Crippen molar-refractivity contribution in [3.05, 3.63) is 95.0 Å². The van der Waals surface area contributed by atoms with E-state index in [-0.39, 0.29) is 24.6 Å². The minimum absolute atomic E-state index is 0.0408. The SMILES string of the molecule is CCOc1ccccc1N(CC(=O)N(Cc1cccc(Cl)c1)[C@H](Cc1ccccc1)C(=O)NC(C)(C)C)S(C)(=O)=O. The third kappa shape index (κ3) is 9.50. The molecule has 0 fully saturated rings. The summed E-state index contributed by atoms with van der Waals surface area (Å²) in [6, 6.07) is 22.1. The lowest BCUT2D eigenvalue weighted by molar-refractivity contribution is -0.140. The van der Waals surface area contributed by atoms with Crippen LogP contribution in [-0.4, -0.2) is 56.1 Å². The summed E-state index contributed by atoms with van der Waals surface area (Å²) < 4.78 is 32.8. The molecule has 0 aromatic heterocycles. The van der Waals surface area contributed by atoms with Crippen LogP contribution in [0.2, 0.25) is 5.02 Å². The predicted octanol–water partition coefficient (Wildman–Crippen LogP) is 5.06. The number of nitrogens with one attached hydrogen (secondary N) is 1.